The first kappa shape index (κ1) is 17.9. The summed E-state index contributed by atoms with van der Waals surface area (Å²) in [6, 6.07) is 10.2. The summed E-state index contributed by atoms with van der Waals surface area (Å²) in [7, 11) is 0. The van der Waals surface area contributed by atoms with E-state index in [0.29, 0.717) is 48.0 Å². The summed E-state index contributed by atoms with van der Waals surface area (Å²) in [5, 5.41) is 9.46. The molecule has 0 radical (unpaired) electrons. The summed E-state index contributed by atoms with van der Waals surface area (Å²) in [6.45, 7) is 1.19. The van der Waals surface area contributed by atoms with E-state index < -0.39 is 18.0 Å². The van der Waals surface area contributed by atoms with Crippen LogP contribution in [0.5, 0.6) is 11.5 Å². The molecule has 2 aliphatic rings. The van der Waals surface area contributed by atoms with Crippen molar-refractivity contribution in [1.29, 1.82) is 0 Å². The Hall–Kier alpha value is -2.47. The Bertz CT molecular complexity index is 867. The fourth-order valence-corrected chi connectivity index (χ4v) is 3.89. The summed E-state index contributed by atoms with van der Waals surface area (Å²) < 4.78 is 26.3. The fraction of sp³-hybridized carbons (Fsp3) is 0.350. The van der Waals surface area contributed by atoms with E-state index in [1.807, 2.05) is 18.2 Å². The minimum Gasteiger partial charge on any atom is -0.485 e. The number of hydrogen-bond acceptors (Lipinski definition) is 3. The fourth-order valence-electron chi connectivity index (χ4n) is 3.73. The lowest BCUT2D eigenvalue weighted by molar-refractivity contribution is 0.0856. The lowest BCUT2D eigenvalue weighted by Crippen LogP contribution is -2.37. The second-order valence-electron chi connectivity index (χ2n) is 6.80. The van der Waals surface area contributed by atoms with Crippen molar-refractivity contribution in [3.05, 3.63) is 58.4 Å². The van der Waals surface area contributed by atoms with Gasteiger partial charge in [-0.25, -0.2) is 9.18 Å². The standard InChI is InChI=1S/C20H19ClFNO4/c21-13-4-5-15(16(22)10-13)18-11-26-17-3-1-2-14(19(17)27-18)12-6-8-23(9-7-12)20(24)25/h1-5,10,12,18H,6-9,11H2,(H,24,25). The van der Waals surface area contributed by atoms with Crippen LogP contribution in [0, 0.1) is 5.82 Å². The number of halogens is 2. The van der Waals surface area contributed by atoms with Crippen molar-refractivity contribution in [2.24, 2.45) is 0 Å². The third kappa shape index (κ3) is 3.54. The van der Waals surface area contributed by atoms with E-state index in [9.17, 15) is 9.18 Å². The first-order valence-corrected chi connectivity index (χ1v) is 9.26. The number of piperidine rings is 1. The number of carbonyl (C=O) groups is 1. The summed E-state index contributed by atoms with van der Waals surface area (Å²) in [5.41, 5.74) is 1.39. The van der Waals surface area contributed by atoms with Gasteiger partial charge in [-0.1, -0.05) is 29.8 Å². The molecule has 2 aliphatic heterocycles. The molecule has 1 atom stereocenters. The van der Waals surface area contributed by atoms with Gasteiger partial charge in [-0.2, -0.15) is 0 Å². The summed E-state index contributed by atoms with van der Waals surface area (Å²) in [5.74, 6) is 1.01. The predicted octanol–water partition coefficient (Wildman–Crippen LogP) is 4.85. The van der Waals surface area contributed by atoms with E-state index in [1.165, 1.54) is 11.0 Å². The first-order valence-electron chi connectivity index (χ1n) is 8.88. The highest BCUT2D eigenvalue weighted by molar-refractivity contribution is 6.30. The summed E-state index contributed by atoms with van der Waals surface area (Å²) in [6.07, 6.45) is -0.0190. The average Bonchev–Trinajstić information content (AvgIpc) is 2.67. The Morgan fingerprint density at radius 1 is 1.19 bits per heavy atom. The van der Waals surface area contributed by atoms with Crippen molar-refractivity contribution in [3.8, 4) is 11.5 Å². The molecule has 5 nitrogen and oxygen atoms in total. The Morgan fingerprint density at radius 3 is 2.67 bits per heavy atom. The molecule has 2 aromatic carbocycles. The minimum atomic E-state index is -0.888. The molecule has 1 saturated heterocycles. The number of hydrogen-bond donors (Lipinski definition) is 1. The van der Waals surface area contributed by atoms with Crippen molar-refractivity contribution in [1.82, 2.24) is 4.90 Å². The van der Waals surface area contributed by atoms with Gasteiger partial charge in [-0.15, -0.1) is 0 Å². The van der Waals surface area contributed by atoms with Gasteiger partial charge in [0.15, 0.2) is 17.6 Å². The Labute approximate surface area is 161 Å². The van der Waals surface area contributed by atoms with Gasteiger partial charge in [0.25, 0.3) is 0 Å². The van der Waals surface area contributed by atoms with Gasteiger partial charge in [0.1, 0.15) is 12.4 Å². The molecule has 2 aromatic rings. The van der Waals surface area contributed by atoms with Crippen LogP contribution in [0.1, 0.15) is 36.0 Å². The molecule has 2 heterocycles. The average molecular weight is 392 g/mol. The predicted molar refractivity (Wildman–Crippen MR) is 98.3 cm³/mol. The van der Waals surface area contributed by atoms with Crippen molar-refractivity contribution in [3.63, 3.8) is 0 Å². The molecule has 1 N–H and O–H groups in total. The van der Waals surface area contributed by atoms with Crippen LogP contribution in [0.4, 0.5) is 9.18 Å². The molecule has 0 saturated carbocycles. The number of benzene rings is 2. The number of likely N-dealkylation sites (tertiary alicyclic amines) is 1. The van der Waals surface area contributed by atoms with E-state index >= 15 is 0 Å². The zero-order chi connectivity index (χ0) is 19.0. The third-order valence-electron chi connectivity index (χ3n) is 5.17. The van der Waals surface area contributed by atoms with Crippen LogP contribution in [0.25, 0.3) is 0 Å². The number of nitrogens with zero attached hydrogens (tertiary/aromatic N) is 1. The Morgan fingerprint density at radius 2 is 1.96 bits per heavy atom. The SMILES string of the molecule is O=C(O)N1CCC(c2cccc3c2OC(c2ccc(Cl)cc2F)CO3)CC1. The number of para-hydroxylation sites is 1. The highest BCUT2D eigenvalue weighted by Crippen LogP contribution is 2.44. The maximum Gasteiger partial charge on any atom is 0.407 e. The van der Waals surface area contributed by atoms with Crippen LogP contribution in [0.3, 0.4) is 0 Å². The molecular weight excluding hydrogens is 373 g/mol. The molecule has 4 rings (SSSR count). The first-order chi connectivity index (χ1) is 13.0. The minimum absolute atomic E-state index is 0.174. The molecule has 27 heavy (non-hydrogen) atoms. The van der Waals surface area contributed by atoms with E-state index in [-0.39, 0.29) is 12.5 Å². The van der Waals surface area contributed by atoms with Crippen molar-refractivity contribution in [2.45, 2.75) is 24.9 Å². The van der Waals surface area contributed by atoms with Gasteiger partial charge in [0.2, 0.25) is 0 Å². The van der Waals surface area contributed by atoms with Crippen molar-refractivity contribution >= 4 is 17.7 Å². The van der Waals surface area contributed by atoms with Gasteiger partial charge >= 0.3 is 6.09 Å². The lowest BCUT2D eigenvalue weighted by atomic mass is 9.88. The third-order valence-corrected chi connectivity index (χ3v) is 5.41. The number of ether oxygens (including phenoxy) is 2. The van der Waals surface area contributed by atoms with Gasteiger partial charge in [-0.3, -0.25) is 0 Å². The zero-order valence-corrected chi connectivity index (χ0v) is 15.3. The topological polar surface area (TPSA) is 59.0 Å². The number of amides is 1. The quantitative estimate of drug-likeness (QED) is 0.795. The van der Waals surface area contributed by atoms with Crippen LogP contribution in [0.2, 0.25) is 5.02 Å². The molecule has 0 bridgehead atoms. The monoisotopic (exact) mass is 391 g/mol. The van der Waals surface area contributed by atoms with E-state index in [1.54, 1.807) is 12.1 Å². The molecule has 0 aliphatic carbocycles. The number of fused-ring (bicyclic) bond motifs is 1. The van der Waals surface area contributed by atoms with Gasteiger partial charge in [-0.05, 0) is 37.0 Å². The van der Waals surface area contributed by atoms with E-state index in [2.05, 4.69) is 0 Å². The van der Waals surface area contributed by atoms with Crippen LogP contribution < -0.4 is 9.47 Å². The molecule has 1 unspecified atom stereocenters. The van der Waals surface area contributed by atoms with E-state index in [0.717, 1.165) is 5.56 Å². The van der Waals surface area contributed by atoms with Crippen LogP contribution in [0.15, 0.2) is 36.4 Å². The lowest BCUT2D eigenvalue weighted by Gasteiger charge is -2.34. The molecule has 0 spiro atoms. The van der Waals surface area contributed by atoms with Crippen LogP contribution in [-0.2, 0) is 0 Å². The van der Waals surface area contributed by atoms with Crippen LogP contribution >= 0.6 is 11.6 Å². The number of carboxylic acid groups (broad SMARTS) is 1. The zero-order valence-electron chi connectivity index (χ0n) is 14.5. The number of rotatable bonds is 2. The van der Waals surface area contributed by atoms with E-state index in [4.69, 9.17) is 26.2 Å². The Kier molecular flexibility index (Phi) is 4.83. The summed E-state index contributed by atoms with van der Waals surface area (Å²) >= 11 is 5.84. The maximum absolute atomic E-state index is 14.3. The second kappa shape index (κ2) is 7.27. The van der Waals surface area contributed by atoms with Gasteiger partial charge in [0.05, 0.1) is 0 Å². The molecular formula is C20H19ClFNO4. The highest BCUT2D eigenvalue weighted by Gasteiger charge is 2.31. The van der Waals surface area contributed by atoms with Crippen molar-refractivity contribution in [2.75, 3.05) is 19.7 Å². The van der Waals surface area contributed by atoms with Gasteiger partial charge in [0, 0.05) is 29.2 Å². The Balaban J connectivity index is 1.59. The second-order valence-corrected chi connectivity index (χ2v) is 7.24. The highest BCUT2D eigenvalue weighted by atomic mass is 35.5. The molecule has 7 heteroatoms. The maximum atomic E-state index is 14.3. The normalized spacial score (nSPS) is 19.8. The van der Waals surface area contributed by atoms with Gasteiger partial charge < -0.3 is 19.5 Å². The molecule has 0 aromatic heterocycles. The van der Waals surface area contributed by atoms with Crippen LogP contribution in [-0.4, -0.2) is 35.8 Å². The molecule has 142 valence electrons. The summed E-state index contributed by atoms with van der Waals surface area (Å²) in [4.78, 5) is 12.5. The molecule has 1 fully saturated rings. The smallest absolute Gasteiger partial charge is 0.407 e. The largest absolute Gasteiger partial charge is 0.485 e. The van der Waals surface area contributed by atoms with Crippen molar-refractivity contribution < 1.29 is 23.8 Å². The molecule has 1 amide bonds.